The fraction of sp³-hybridized carbons (Fsp3) is 0.591. The van der Waals surface area contributed by atoms with E-state index in [0.29, 0.717) is 11.7 Å². The van der Waals surface area contributed by atoms with Gasteiger partial charge in [0, 0.05) is 5.56 Å². The standard InChI is InChI=1S/C22H32N4O/c1-2-3-4-5-6-7-8-9-10-17-11-13-18(14-12-17)19-25-21(27-26-19)22(15-16-22)20(23)24/h11-14H,2-10,15-16H2,1H3,(H3,23,24). The molecule has 1 aliphatic rings. The van der Waals surface area contributed by atoms with Gasteiger partial charge in [0.05, 0.1) is 0 Å². The number of amidine groups is 1. The van der Waals surface area contributed by atoms with Crippen LogP contribution in [0.1, 0.15) is 82.6 Å². The second kappa shape index (κ2) is 9.16. The number of nitrogens with zero attached hydrogens (tertiary/aromatic N) is 2. The van der Waals surface area contributed by atoms with E-state index >= 15 is 0 Å². The number of nitrogens with two attached hydrogens (primary N) is 1. The molecule has 1 aromatic heterocycles. The summed E-state index contributed by atoms with van der Waals surface area (Å²) in [6, 6.07) is 8.43. The molecule has 0 unspecified atom stereocenters. The highest BCUT2D eigenvalue weighted by molar-refractivity contribution is 5.91. The first-order chi connectivity index (χ1) is 13.2. The van der Waals surface area contributed by atoms with Gasteiger partial charge < -0.3 is 10.3 Å². The van der Waals surface area contributed by atoms with Gasteiger partial charge in [-0.15, -0.1) is 0 Å². The predicted molar refractivity (Wildman–Crippen MR) is 109 cm³/mol. The summed E-state index contributed by atoms with van der Waals surface area (Å²) in [5.41, 5.74) is 7.49. The van der Waals surface area contributed by atoms with Crippen LogP contribution in [0.15, 0.2) is 28.8 Å². The van der Waals surface area contributed by atoms with Crippen LogP contribution in [0.4, 0.5) is 0 Å². The van der Waals surface area contributed by atoms with Crippen molar-refractivity contribution in [3.63, 3.8) is 0 Å². The number of nitrogens with one attached hydrogen (secondary N) is 1. The minimum absolute atomic E-state index is 0.124. The number of hydrogen-bond donors (Lipinski definition) is 2. The largest absolute Gasteiger partial charge is 0.387 e. The molecule has 0 bridgehead atoms. The smallest absolute Gasteiger partial charge is 0.240 e. The summed E-state index contributed by atoms with van der Waals surface area (Å²) in [6.07, 6.45) is 13.5. The maximum Gasteiger partial charge on any atom is 0.240 e. The zero-order chi connectivity index (χ0) is 19.1. The number of hydrogen-bond acceptors (Lipinski definition) is 4. The molecule has 1 aliphatic carbocycles. The van der Waals surface area contributed by atoms with E-state index in [4.69, 9.17) is 15.7 Å². The second-order valence-corrected chi connectivity index (χ2v) is 7.84. The second-order valence-electron chi connectivity index (χ2n) is 7.84. The minimum Gasteiger partial charge on any atom is -0.387 e. The van der Waals surface area contributed by atoms with Gasteiger partial charge in [-0.25, -0.2) is 0 Å². The number of rotatable bonds is 12. The van der Waals surface area contributed by atoms with Gasteiger partial charge in [-0.2, -0.15) is 4.98 Å². The van der Waals surface area contributed by atoms with Crippen molar-refractivity contribution in [1.29, 1.82) is 5.41 Å². The van der Waals surface area contributed by atoms with Crippen molar-refractivity contribution >= 4 is 5.84 Å². The Labute approximate surface area is 162 Å². The Morgan fingerprint density at radius 1 is 1.04 bits per heavy atom. The molecule has 0 atom stereocenters. The topological polar surface area (TPSA) is 88.8 Å². The van der Waals surface area contributed by atoms with Crippen molar-refractivity contribution in [2.24, 2.45) is 5.73 Å². The van der Waals surface area contributed by atoms with Crippen LogP contribution in [0.5, 0.6) is 0 Å². The summed E-state index contributed by atoms with van der Waals surface area (Å²) < 4.78 is 5.38. The molecule has 1 heterocycles. The lowest BCUT2D eigenvalue weighted by atomic mass is 10.0. The molecule has 0 spiro atoms. The molecule has 0 saturated heterocycles. The summed E-state index contributed by atoms with van der Waals surface area (Å²) in [5, 5.41) is 11.8. The van der Waals surface area contributed by atoms with Crippen molar-refractivity contribution in [2.45, 2.75) is 83.0 Å². The maximum atomic E-state index is 7.73. The lowest BCUT2D eigenvalue weighted by Gasteiger charge is -2.05. The molecule has 3 N–H and O–H groups in total. The Morgan fingerprint density at radius 2 is 1.67 bits per heavy atom. The Morgan fingerprint density at radius 3 is 2.26 bits per heavy atom. The first-order valence-electron chi connectivity index (χ1n) is 10.4. The van der Waals surface area contributed by atoms with Gasteiger partial charge >= 0.3 is 0 Å². The molecule has 1 fully saturated rings. The fourth-order valence-corrected chi connectivity index (χ4v) is 3.54. The van der Waals surface area contributed by atoms with Crippen molar-refractivity contribution in [2.75, 3.05) is 0 Å². The van der Waals surface area contributed by atoms with E-state index < -0.39 is 5.41 Å². The van der Waals surface area contributed by atoms with E-state index in [2.05, 4.69) is 41.3 Å². The third kappa shape index (κ3) is 4.96. The zero-order valence-electron chi connectivity index (χ0n) is 16.5. The first kappa shape index (κ1) is 19.6. The number of aryl methyl sites for hydroxylation is 1. The highest BCUT2D eigenvalue weighted by Crippen LogP contribution is 2.47. The van der Waals surface area contributed by atoms with E-state index in [0.717, 1.165) is 24.8 Å². The lowest BCUT2D eigenvalue weighted by Crippen LogP contribution is -2.27. The normalized spacial score (nSPS) is 15.0. The number of benzene rings is 1. The number of unbranched alkanes of at least 4 members (excludes halogenated alkanes) is 7. The molecular weight excluding hydrogens is 336 g/mol. The van der Waals surface area contributed by atoms with E-state index in [-0.39, 0.29) is 5.84 Å². The van der Waals surface area contributed by atoms with Crippen LogP contribution in [0.3, 0.4) is 0 Å². The molecular formula is C22H32N4O. The Hall–Kier alpha value is -2.17. The van der Waals surface area contributed by atoms with Gasteiger partial charge in [0.2, 0.25) is 11.7 Å². The Bertz CT molecular complexity index is 731. The van der Waals surface area contributed by atoms with Gasteiger partial charge in [0.25, 0.3) is 0 Å². The van der Waals surface area contributed by atoms with Crippen LogP contribution in [0.2, 0.25) is 0 Å². The van der Waals surface area contributed by atoms with Crippen LogP contribution in [-0.4, -0.2) is 16.0 Å². The van der Waals surface area contributed by atoms with E-state index in [1.165, 1.54) is 56.9 Å². The predicted octanol–water partition coefficient (Wildman–Crippen LogP) is 5.39. The zero-order valence-corrected chi connectivity index (χ0v) is 16.5. The molecule has 5 nitrogen and oxygen atoms in total. The van der Waals surface area contributed by atoms with Crippen molar-refractivity contribution in [3.8, 4) is 11.4 Å². The summed E-state index contributed by atoms with van der Waals surface area (Å²) in [6.45, 7) is 2.26. The molecule has 5 heteroatoms. The minimum atomic E-state index is -0.498. The lowest BCUT2D eigenvalue weighted by molar-refractivity contribution is 0.367. The molecule has 2 aromatic rings. The van der Waals surface area contributed by atoms with E-state index in [1.54, 1.807) is 0 Å². The van der Waals surface area contributed by atoms with Gasteiger partial charge in [0.15, 0.2) is 0 Å². The first-order valence-corrected chi connectivity index (χ1v) is 10.4. The molecule has 0 amide bonds. The Balaban J connectivity index is 1.44. The quantitative estimate of drug-likeness (QED) is 0.299. The molecule has 146 valence electrons. The van der Waals surface area contributed by atoms with Crippen LogP contribution in [0, 0.1) is 5.41 Å². The fourth-order valence-electron chi connectivity index (χ4n) is 3.54. The highest BCUT2D eigenvalue weighted by atomic mass is 16.5. The molecule has 0 radical (unpaired) electrons. The summed E-state index contributed by atoms with van der Waals surface area (Å²) in [4.78, 5) is 4.48. The van der Waals surface area contributed by atoms with Crippen molar-refractivity contribution < 1.29 is 4.52 Å². The molecule has 1 saturated carbocycles. The summed E-state index contributed by atoms with van der Waals surface area (Å²) in [7, 11) is 0. The van der Waals surface area contributed by atoms with Gasteiger partial charge in [-0.3, -0.25) is 5.41 Å². The average molecular weight is 369 g/mol. The summed E-state index contributed by atoms with van der Waals surface area (Å²) >= 11 is 0. The number of aromatic nitrogens is 2. The third-order valence-corrected chi connectivity index (χ3v) is 5.63. The van der Waals surface area contributed by atoms with Gasteiger partial charge in [-0.1, -0.05) is 81.3 Å². The molecule has 3 rings (SSSR count). The molecule has 0 aliphatic heterocycles. The SMILES string of the molecule is CCCCCCCCCCc1ccc(-c2noc(C3(C(=N)N)CC3)n2)cc1. The van der Waals surface area contributed by atoms with Crippen LogP contribution in [0.25, 0.3) is 11.4 Å². The monoisotopic (exact) mass is 368 g/mol. The van der Waals surface area contributed by atoms with E-state index in [1.807, 2.05) is 0 Å². The van der Waals surface area contributed by atoms with Crippen LogP contribution >= 0.6 is 0 Å². The van der Waals surface area contributed by atoms with E-state index in [9.17, 15) is 0 Å². The summed E-state index contributed by atoms with van der Waals surface area (Å²) in [5.74, 6) is 1.18. The maximum absolute atomic E-state index is 7.73. The molecule has 1 aromatic carbocycles. The van der Waals surface area contributed by atoms with Crippen LogP contribution < -0.4 is 5.73 Å². The highest BCUT2D eigenvalue weighted by Gasteiger charge is 2.52. The van der Waals surface area contributed by atoms with Crippen molar-refractivity contribution in [3.05, 3.63) is 35.7 Å². The Kier molecular flexibility index (Phi) is 6.64. The van der Waals surface area contributed by atoms with Gasteiger partial charge in [0.1, 0.15) is 11.3 Å². The average Bonchev–Trinajstić information content (AvgIpc) is 3.35. The van der Waals surface area contributed by atoms with Crippen LogP contribution in [-0.2, 0) is 11.8 Å². The van der Waals surface area contributed by atoms with Crippen molar-refractivity contribution in [1.82, 2.24) is 10.1 Å². The molecule has 27 heavy (non-hydrogen) atoms. The van der Waals surface area contributed by atoms with Gasteiger partial charge in [-0.05, 0) is 31.2 Å². The third-order valence-electron chi connectivity index (χ3n) is 5.63.